The van der Waals surface area contributed by atoms with Gasteiger partial charge in [-0.25, -0.2) is 0 Å². The highest BCUT2D eigenvalue weighted by atomic mass is 28.4. The van der Waals surface area contributed by atoms with E-state index in [2.05, 4.69) is 27.7 Å². The molecule has 2 aliphatic rings. The maximum atomic E-state index is 12.3. The lowest BCUT2D eigenvalue weighted by Gasteiger charge is -2.45. The van der Waals surface area contributed by atoms with E-state index in [4.69, 9.17) is 4.43 Å². The van der Waals surface area contributed by atoms with Crippen LogP contribution >= 0.6 is 0 Å². The minimum Gasteiger partial charge on any atom is -0.413 e. The predicted molar refractivity (Wildman–Crippen MR) is 81.7 cm³/mol. The lowest BCUT2D eigenvalue weighted by Crippen LogP contribution is -2.49. The van der Waals surface area contributed by atoms with Crippen LogP contribution in [0.5, 0.6) is 0 Å². The highest BCUT2D eigenvalue weighted by Crippen LogP contribution is 2.43. The van der Waals surface area contributed by atoms with Gasteiger partial charge >= 0.3 is 0 Å². The van der Waals surface area contributed by atoms with Gasteiger partial charge in [-0.05, 0) is 49.2 Å². The molecule has 0 spiro atoms. The zero-order valence-electron chi connectivity index (χ0n) is 13.1. The molecule has 0 heterocycles. The first-order valence-corrected chi connectivity index (χ1v) is 10.8. The number of rotatable bonds is 5. The number of Topliss-reactive ketones (excluding diaryl/α,β-unsaturated/α-hetero) is 1. The van der Waals surface area contributed by atoms with Crippen molar-refractivity contribution < 1.29 is 9.22 Å². The summed E-state index contributed by atoms with van der Waals surface area (Å²) in [6.45, 7) is 9.07. The summed E-state index contributed by atoms with van der Waals surface area (Å²) in [5.74, 6) is 2.10. The molecule has 0 aromatic carbocycles. The SMILES string of the molecule is CC[Si](CC)(CC)O[C@H]1CC[C@@H]2C[C@H]1C(=O)C[C@H]2C. The zero-order valence-corrected chi connectivity index (χ0v) is 14.1. The number of hydrogen-bond acceptors (Lipinski definition) is 2. The molecular weight excluding hydrogens is 252 g/mol. The highest BCUT2D eigenvalue weighted by molar-refractivity contribution is 6.73. The maximum Gasteiger partial charge on any atom is 0.192 e. The summed E-state index contributed by atoms with van der Waals surface area (Å²) < 4.78 is 6.64. The third-order valence-corrected chi connectivity index (χ3v) is 10.6. The first kappa shape index (κ1) is 15.2. The van der Waals surface area contributed by atoms with Crippen LogP contribution in [0.15, 0.2) is 0 Å². The van der Waals surface area contributed by atoms with E-state index in [9.17, 15) is 4.79 Å². The third-order valence-electron chi connectivity index (χ3n) is 5.90. The Morgan fingerprint density at radius 1 is 1.16 bits per heavy atom. The number of carbonyl (C=O) groups is 1. The average molecular weight is 282 g/mol. The number of hydrogen-bond donors (Lipinski definition) is 0. The molecule has 0 aliphatic heterocycles. The Hall–Kier alpha value is -0.153. The van der Waals surface area contributed by atoms with Crippen molar-refractivity contribution in [2.75, 3.05) is 0 Å². The second-order valence-corrected chi connectivity index (χ2v) is 11.5. The van der Waals surface area contributed by atoms with Crippen molar-refractivity contribution in [3.63, 3.8) is 0 Å². The van der Waals surface area contributed by atoms with Gasteiger partial charge in [0, 0.05) is 12.3 Å². The molecule has 0 radical (unpaired) electrons. The van der Waals surface area contributed by atoms with Crippen LogP contribution in [-0.2, 0) is 9.22 Å². The molecule has 0 amide bonds. The molecule has 3 heteroatoms. The largest absolute Gasteiger partial charge is 0.413 e. The number of fused-ring (bicyclic) bond motifs is 2. The van der Waals surface area contributed by atoms with Crippen LogP contribution in [0.4, 0.5) is 0 Å². The van der Waals surface area contributed by atoms with Gasteiger partial charge in [0.1, 0.15) is 5.78 Å². The lowest BCUT2D eigenvalue weighted by atomic mass is 9.66. The summed E-state index contributed by atoms with van der Waals surface area (Å²) in [4.78, 5) is 12.3. The fraction of sp³-hybridized carbons (Fsp3) is 0.938. The van der Waals surface area contributed by atoms with Crippen molar-refractivity contribution in [1.29, 1.82) is 0 Å². The Morgan fingerprint density at radius 3 is 2.37 bits per heavy atom. The fourth-order valence-corrected chi connectivity index (χ4v) is 7.05. The average Bonchev–Trinajstić information content (AvgIpc) is 2.44. The van der Waals surface area contributed by atoms with Gasteiger partial charge < -0.3 is 4.43 Å². The zero-order chi connectivity index (χ0) is 14.0. The molecule has 2 aliphatic carbocycles. The van der Waals surface area contributed by atoms with E-state index in [1.165, 1.54) is 24.6 Å². The molecule has 2 rings (SSSR count). The van der Waals surface area contributed by atoms with E-state index in [1.807, 2.05) is 0 Å². The van der Waals surface area contributed by atoms with Crippen LogP contribution in [0.2, 0.25) is 18.1 Å². The monoisotopic (exact) mass is 282 g/mol. The second kappa shape index (κ2) is 6.09. The molecule has 19 heavy (non-hydrogen) atoms. The summed E-state index contributed by atoms with van der Waals surface area (Å²) in [6, 6.07) is 3.58. The Kier molecular flexibility index (Phi) is 4.88. The Labute approximate surface area is 119 Å². The van der Waals surface area contributed by atoms with Crippen LogP contribution in [0.25, 0.3) is 0 Å². The van der Waals surface area contributed by atoms with Crippen molar-refractivity contribution in [3.05, 3.63) is 0 Å². The van der Waals surface area contributed by atoms with Crippen molar-refractivity contribution in [2.45, 2.75) is 77.6 Å². The molecule has 0 saturated heterocycles. The van der Waals surface area contributed by atoms with Crippen LogP contribution in [0.3, 0.4) is 0 Å². The van der Waals surface area contributed by atoms with Crippen molar-refractivity contribution in [2.24, 2.45) is 17.8 Å². The van der Waals surface area contributed by atoms with Crippen molar-refractivity contribution in [3.8, 4) is 0 Å². The summed E-state index contributed by atoms with van der Waals surface area (Å²) in [5, 5.41) is 0. The molecule has 4 atom stereocenters. The maximum absolute atomic E-state index is 12.3. The fourth-order valence-electron chi connectivity index (χ4n) is 4.13. The van der Waals surface area contributed by atoms with Gasteiger partial charge in [-0.2, -0.15) is 0 Å². The first-order chi connectivity index (χ1) is 9.05. The van der Waals surface area contributed by atoms with Crippen LogP contribution in [0, 0.1) is 17.8 Å². The topological polar surface area (TPSA) is 26.3 Å². The molecule has 0 unspecified atom stereocenters. The van der Waals surface area contributed by atoms with E-state index >= 15 is 0 Å². The molecule has 0 N–H and O–H groups in total. The van der Waals surface area contributed by atoms with Crippen molar-refractivity contribution >= 4 is 14.1 Å². The number of ketones is 1. The molecule has 2 saturated carbocycles. The van der Waals surface area contributed by atoms with Gasteiger partial charge in [0.05, 0.1) is 6.10 Å². The van der Waals surface area contributed by atoms with E-state index in [-0.39, 0.29) is 12.0 Å². The summed E-state index contributed by atoms with van der Waals surface area (Å²) in [7, 11) is -1.56. The summed E-state index contributed by atoms with van der Waals surface area (Å²) in [6.07, 6.45) is 4.56. The molecule has 2 bridgehead atoms. The molecular formula is C16H30O2Si. The van der Waals surface area contributed by atoms with E-state index < -0.39 is 8.32 Å². The van der Waals surface area contributed by atoms with Crippen LogP contribution in [-0.4, -0.2) is 20.2 Å². The summed E-state index contributed by atoms with van der Waals surface area (Å²) >= 11 is 0. The third kappa shape index (κ3) is 2.97. The highest BCUT2D eigenvalue weighted by Gasteiger charge is 2.44. The van der Waals surface area contributed by atoms with Crippen LogP contribution in [0.1, 0.15) is 53.4 Å². The number of carbonyl (C=O) groups excluding carboxylic acids is 1. The summed E-state index contributed by atoms with van der Waals surface area (Å²) in [5.41, 5.74) is 0. The Bertz CT molecular complexity index is 316. The molecule has 0 aromatic rings. The molecule has 2 nitrogen and oxygen atoms in total. The molecule has 2 fully saturated rings. The van der Waals surface area contributed by atoms with Crippen LogP contribution < -0.4 is 0 Å². The Balaban J connectivity index is 2.07. The minimum absolute atomic E-state index is 0.228. The standard InChI is InChI=1S/C16H30O2Si/c1-5-19(6-2,7-3)18-16-9-8-13-11-14(16)15(17)10-12(13)4/h12-14,16H,5-11H2,1-4H3/t12-,13-,14+,16+/m1/s1. The quantitative estimate of drug-likeness (QED) is 0.699. The van der Waals surface area contributed by atoms with Gasteiger partial charge in [-0.15, -0.1) is 0 Å². The smallest absolute Gasteiger partial charge is 0.192 e. The molecule has 0 aromatic heterocycles. The van der Waals surface area contributed by atoms with E-state index in [1.54, 1.807) is 0 Å². The van der Waals surface area contributed by atoms with Gasteiger partial charge in [-0.1, -0.05) is 27.7 Å². The van der Waals surface area contributed by atoms with Gasteiger partial charge in [0.2, 0.25) is 0 Å². The van der Waals surface area contributed by atoms with E-state index in [0.29, 0.717) is 11.7 Å². The van der Waals surface area contributed by atoms with E-state index in [0.717, 1.165) is 25.2 Å². The van der Waals surface area contributed by atoms with Gasteiger partial charge in [0.15, 0.2) is 8.32 Å². The predicted octanol–water partition coefficient (Wildman–Crippen LogP) is 4.40. The normalized spacial score (nSPS) is 35.5. The molecule has 110 valence electrons. The van der Waals surface area contributed by atoms with Crippen molar-refractivity contribution in [1.82, 2.24) is 0 Å². The van der Waals surface area contributed by atoms with Gasteiger partial charge in [0.25, 0.3) is 0 Å². The minimum atomic E-state index is -1.56. The Morgan fingerprint density at radius 2 is 1.79 bits per heavy atom. The lowest BCUT2D eigenvalue weighted by molar-refractivity contribution is -0.134. The first-order valence-electron chi connectivity index (χ1n) is 8.25. The van der Waals surface area contributed by atoms with Gasteiger partial charge in [-0.3, -0.25) is 4.79 Å². The second-order valence-electron chi connectivity index (χ2n) is 6.73.